The van der Waals surface area contributed by atoms with Gasteiger partial charge in [0, 0.05) is 6.42 Å². The van der Waals surface area contributed by atoms with Crippen molar-refractivity contribution in [2.75, 3.05) is 7.11 Å². The van der Waals surface area contributed by atoms with Gasteiger partial charge in [0.1, 0.15) is 6.04 Å². The van der Waals surface area contributed by atoms with Crippen molar-refractivity contribution in [3.8, 4) is 5.75 Å². The molecular weight excluding hydrogens is 347 g/mol. The molecule has 1 aromatic carbocycles. The third kappa shape index (κ3) is 3.03. The number of carbonyl (C=O) groups is 1. The number of nitrogens with two attached hydrogens (primary N) is 1. The van der Waals surface area contributed by atoms with Gasteiger partial charge in [-0.25, -0.2) is 8.78 Å². The number of hydrogen-bond donors (Lipinski definition) is 2. The third-order valence-electron chi connectivity index (χ3n) is 2.15. The number of rotatable bonds is 4. The van der Waals surface area contributed by atoms with Crippen molar-refractivity contribution in [3.63, 3.8) is 0 Å². The van der Waals surface area contributed by atoms with Crippen LogP contribution in [0.5, 0.6) is 5.75 Å². The summed E-state index contributed by atoms with van der Waals surface area (Å²) in [5.41, 5.74) is 5.31. The first-order chi connectivity index (χ1) is 7.88. The number of aliphatic carboxylic acids is 1. The fourth-order valence-corrected chi connectivity index (χ4v) is 1.90. The summed E-state index contributed by atoms with van der Waals surface area (Å²) in [5.74, 6) is -3.49. The zero-order valence-corrected chi connectivity index (χ0v) is 11.0. The van der Waals surface area contributed by atoms with Crippen molar-refractivity contribution < 1.29 is 23.4 Å². The van der Waals surface area contributed by atoms with Crippen LogP contribution in [0.1, 0.15) is 5.56 Å². The van der Waals surface area contributed by atoms with Crippen LogP contribution in [-0.2, 0) is 11.2 Å². The van der Waals surface area contributed by atoms with Crippen LogP contribution in [0.25, 0.3) is 0 Å². The molecule has 0 aliphatic heterocycles. The average Bonchev–Trinajstić information content (AvgIpc) is 2.26. The lowest BCUT2D eigenvalue weighted by molar-refractivity contribution is -0.138. The molecule has 0 saturated heterocycles. The van der Waals surface area contributed by atoms with Gasteiger partial charge >= 0.3 is 5.97 Å². The summed E-state index contributed by atoms with van der Waals surface area (Å²) < 4.78 is 31.9. The van der Waals surface area contributed by atoms with E-state index in [1.165, 1.54) is 6.07 Å². The fourth-order valence-electron chi connectivity index (χ4n) is 1.28. The van der Waals surface area contributed by atoms with Crippen molar-refractivity contribution >= 4 is 28.6 Å². The Kier molecular flexibility index (Phi) is 4.63. The van der Waals surface area contributed by atoms with Crippen LogP contribution >= 0.6 is 22.6 Å². The lowest BCUT2D eigenvalue weighted by Gasteiger charge is -2.12. The van der Waals surface area contributed by atoms with Crippen LogP contribution in [0, 0.1) is 15.2 Å². The van der Waals surface area contributed by atoms with Crippen LogP contribution in [0.15, 0.2) is 6.07 Å². The topological polar surface area (TPSA) is 72.5 Å². The number of hydrogen-bond acceptors (Lipinski definition) is 3. The Morgan fingerprint density at radius 1 is 1.59 bits per heavy atom. The second-order valence-electron chi connectivity index (χ2n) is 3.33. The van der Waals surface area contributed by atoms with Crippen molar-refractivity contribution in [1.29, 1.82) is 0 Å². The molecule has 1 unspecified atom stereocenters. The monoisotopic (exact) mass is 357 g/mol. The number of carboxylic acid groups (broad SMARTS) is 1. The summed E-state index contributed by atoms with van der Waals surface area (Å²) in [6, 6.07) is -0.0215. The van der Waals surface area contributed by atoms with Gasteiger partial charge in [-0.3, -0.25) is 4.79 Å². The van der Waals surface area contributed by atoms with Gasteiger partial charge in [-0.2, -0.15) is 0 Å². The summed E-state index contributed by atoms with van der Waals surface area (Å²) in [5, 5.41) is 8.63. The summed E-state index contributed by atoms with van der Waals surface area (Å²) in [7, 11) is 1.14. The Morgan fingerprint density at radius 2 is 2.18 bits per heavy atom. The highest BCUT2D eigenvalue weighted by Crippen LogP contribution is 2.29. The van der Waals surface area contributed by atoms with E-state index in [1.54, 1.807) is 22.6 Å². The molecule has 0 aliphatic rings. The Hall–Kier alpha value is -0.960. The molecule has 3 N–H and O–H groups in total. The predicted molar refractivity (Wildman–Crippen MR) is 64.9 cm³/mol. The van der Waals surface area contributed by atoms with E-state index in [0.717, 1.165) is 7.11 Å². The molecule has 0 aliphatic carbocycles. The van der Waals surface area contributed by atoms with Crippen molar-refractivity contribution in [2.45, 2.75) is 12.5 Å². The zero-order valence-electron chi connectivity index (χ0n) is 8.84. The van der Waals surface area contributed by atoms with E-state index in [4.69, 9.17) is 10.8 Å². The minimum absolute atomic E-state index is 0.0163. The number of carboxylic acids is 1. The molecule has 1 atom stereocenters. The number of benzene rings is 1. The minimum Gasteiger partial charge on any atom is -0.491 e. The Balaban J connectivity index is 3.17. The quantitative estimate of drug-likeness (QED) is 0.633. The van der Waals surface area contributed by atoms with Crippen molar-refractivity contribution in [1.82, 2.24) is 0 Å². The van der Waals surface area contributed by atoms with Gasteiger partial charge in [-0.1, -0.05) is 0 Å². The maximum absolute atomic E-state index is 13.7. The average molecular weight is 357 g/mol. The van der Waals surface area contributed by atoms with Crippen molar-refractivity contribution in [3.05, 3.63) is 26.8 Å². The normalized spacial score (nSPS) is 12.3. The maximum Gasteiger partial charge on any atom is 0.320 e. The second-order valence-corrected chi connectivity index (χ2v) is 4.49. The summed E-state index contributed by atoms with van der Waals surface area (Å²) in [6.45, 7) is 0. The van der Waals surface area contributed by atoms with E-state index in [-0.39, 0.29) is 15.6 Å². The molecule has 7 heteroatoms. The SMILES string of the molecule is COc1c(F)c(I)cc(CC(N)C(=O)O)c1F. The van der Waals surface area contributed by atoms with Gasteiger partial charge in [-0.05, 0) is 34.2 Å². The molecule has 0 bridgehead atoms. The molecule has 0 fully saturated rings. The minimum atomic E-state index is -1.25. The summed E-state index contributed by atoms with van der Waals surface area (Å²) in [6.07, 6.45) is -0.228. The van der Waals surface area contributed by atoms with Crippen LogP contribution in [0.3, 0.4) is 0 Å². The molecule has 0 radical (unpaired) electrons. The summed E-state index contributed by atoms with van der Waals surface area (Å²) in [4.78, 5) is 10.6. The maximum atomic E-state index is 13.7. The molecule has 17 heavy (non-hydrogen) atoms. The van der Waals surface area contributed by atoms with Gasteiger partial charge in [0.2, 0.25) is 0 Å². The molecule has 1 rings (SSSR count). The van der Waals surface area contributed by atoms with Gasteiger partial charge in [0.15, 0.2) is 17.4 Å². The van der Waals surface area contributed by atoms with Gasteiger partial charge < -0.3 is 15.6 Å². The smallest absolute Gasteiger partial charge is 0.320 e. The number of ether oxygens (including phenoxy) is 1. The molecule has 0 amide bonds. The predicted octanol–water partition coefficient (Wildman–Crippen LogP) is 1.53. The first-order valence-corrected chi connectivity index (χ1v) is 5.65. The lowest BCUT2D eigenvalue weighted by atomic mass is 10.1. The molecule has 0 heterocycles. The lowest BCUT2D eigenvalue weighted by Crippen LogP contribution is -2.32. The highest BCUT2D eigenvalue weighted by molar-refractivity contribution is 14.1. The van der Waals surface area contributed by atoms with E-state index < -0.39 is 29.4 Å². The van der Waals surface area contributed by atoms with Crippen molar-refractivity contribution in [2.24, 2.45) is 5.73 Å². The number of halogens is 3. The standard InChI is InChI=1S/C10H10F2INO3/c1-17-9-7(11)4(2-5(13)8(9)12)3-6(14)10(15)16/h2,6H,3,14H2,1H3,(H,15,16). The van der Waals surface area contributed by atoms with Gasteiger partial charge in [-0.15, -0.1) is 0 Å². The van der Waals surface area contributed by atoms with Crippen LogP contribution < -0.4 is 10.5 Å². The number of methoxy groups -OCH3 is 1. The zero-order chi connectivity index (χ0) is 13.2. The van der Waals surface area contributed by atoms with Gasteiger partial charge in [0.25, 0.3) is 0 Å². The van der Waals surface area contributed by atoms with Gasteiger partial charge in [0.05, 0.1) is 10.7 Å². The molecular formula is C10H10F2INO3. The summed E-state index contributed by atoms with van der Waals surface area (Å²) >= 11 is 1.67. The Labute approximate surface area is 110 Å². The Morgan fingerprint density at radius 3 is 2.65 bits per heavy atom. The molecule has 94 valence electrons. The van der Waals surface area contributed by atoms with E-state index in [0.29, 0.717) is 0 Å². The highest BCUT2D eigenvalue weighted by Gasteiger charge is 2.21. The first-order valence-electron chi connectivity index (χ1n) is 4.57. The van der Waals surface area contributed by atoms with E-state index >= 15 is 0 Å². The largest absolute Gasteiger partial charge is 0.491 e. The molecule has 1 aromatic rings. The second kappa shape index (κ2) is 5.58. The van der Waals surface area contributed by atoms with Crippen LogP contribution in [0.4, 0.5) is 8.78 Å². The van der Waals surface area contributed by atoms with E-state index in [1.807, 2.05) is 0 Å². The third-order valence-corrected chi connectivity index (χ3v) is 2.94. The van der Waals surface area contributed by atoms with Crippen LogP contribution in [0.2, 0.25) is 0 Å². The highest BCUT2D eigenvalue weighted by atomic mass is 127. The fraction of sp³-hybridized carbons (Fsp3) is 0.300. The molecule has 0 aromatic heterocycles. The van der Waals surface area contributed by atoms with E-state index in [2.05, 4.69) is 4.74 Å². The first kappa shape index (κ1) is 14.1. The molecule has 0 spiro atoms. The molecule has 0 saturated carbocycles. The van der Waals surface area contributed by atoms with E-state index in [9.17, 15) is 13.6 Å². The Bertz CT molecular complexity index is 454. The molecule has 4 nitrogen and oxygen atoms in total. The van der Waals surface area contributed by atoms with Crippen LogP contribution in [-0.4, -0.2) is 24.2 Å².